The average molecular weight is 422 g/mol. The summed E-state index contributed by atoms with van der Waals surface area (Å²) in [4.78, 5) is 24.4. The van der Waals surface area contributed by atoms with Crippen molar-refractivity contribution in [2.45, 2.75) is 83.2 Å². The van der Waals surface area contributed by atoms with Crippen LogP contribution in [0.15, 0.2) is 18.2 Å². The highest BCUT2D eigenvalue weighted by molar-refractivity contribution is 5.87. The molecule has 1 aromatic carbocycles. The number of aryl methyl sites for hydroxylation is 1. The lowest BCUT2D eigenvalue weighted by molar-refractivity contribution is -0.139. The Bertz CT molecular complexity index is 831. The Kier molecular flexibility index (Phi) is 5.71. The van der Waals surface area contributed by atoms with Crippen molar-refractivity contribution in [3.63, 3.8) is 0 Å². The molecule has 0 spiro atoms. The fourth-order valence-corrected chi connectivity index (χ4v) is 6.17. The molecule has 0 unspecified atom stereocenters. The number of halogens is 3. The molecule has 3 nitrogen and oxygen atoms in total. The Morgan fingerprint density at radius 2 is 1.97 bits per heavy atom. The number of ketones is 1. The minimum Gasteiger partial charge on any atom is -0.427 e. The zero-order chi connectivity index (χ0) is 21.5. The van der Waals surface area contributed by atoms with E-state index in [1.165, 1.54) is 11.1 Å². The fraction of sp³-hybridized carbons (Fsp3) is 0.667. The van der Waals surface area contributed by atoms with Gasteiger partial charge in [-0.25, -0.2) is 0 Å². The second-order valence-electron chi connectivity index (χ2n) is 9.49. The van der Waals surface area contributed by atoms with E-state index in [9.17, 15) is 22.8 Å². The van der Waals surface area contributed by atoms with Gasteiger partial charge < -0.3 is 4.74 Å². The molecule has 0 amide bonds. The molecule has 30 heavy (non-hydrogen) atoms. The van der Waals surface area contributed by atoms with Crippen molar-refractivity contribution >= 4 is 11.8 Å². The van der Waals surface area contributed by atoms with Gasteiger partial charge in [0.05, 0.1) is 0 Å². The molecule has 0 aliphatic heterocycles. The number of esters is 1. The Balaban J connectivity index is 1.38. The Morgan fingerprint density at radius 1 is 1.17 bits per heavy atom. The maximum atomic E-state index is 12.4. The van der Waals surface area contributed by atoms with E-state index in [0.29, 0.717) is 29.3 Å². The number of carbonyl (C=O) groups excluding carboxylic acids is 2. The summed E-state index contributed by atoms with van der Waals surface area (Å²) < 4.78 is 41.9. The van der Waals surface area contributed by atoms with E-state index < -0.39 is 18.6 Å². The zero-order valence-electron chi connectivity index (χ0n) is 17.4. The number of Topliss-reactive ketones (excluding diaryl/α,β-unsaturated/α-hetero) is 1. The summed E-state index contributed by atoms with van der Waals surface area (Å²) >= 11 is 0. The van der Waals surface area contributed by atoms with E-state index in [0.717, 1.165) is 38.5 Å². The summed E-state index contributed by atoms with van der Waals surface area (Å²) in [6.07, 6.45) is 0.724. The highest BCUT2D eigenvalue weighted by Crippen LogP contribution is 2.59. The van der Waals surface area contributed by atoms with Gasteiger partial charge in [0.15, 0.2) is 0 Å². The van der Waals surface area contributed by atoms with E-state index in [1.54, 1.807) is 0 Å². The summed E-state index contributed by atoms with van der Waals surface area (Å²) in [6.45, 7) is 2.16. The van der Waals surface area contributed by atoms with Crippen molar-refractivity contribution in [3.8, 4) is 5.75 Å². The summed E-state index contributed by atoms with van der Waals surface area (Å²) in [5.74, 6) is 1.92. The van der Waals surface area contributed by atoms with Gasteiger partial charge in [-0.1, -0.05) is 13.0 Å². The van der Waals surface area contributed by atoms with Crippen LogP contribution in [0.2, 0.25) is 0 Å². The van der Waals surface area contributed by atoms with E-state index in [4.69, 9.17) is 4.74 Å². The van der Waals surface area contributed by atoms with E-state index in [2.05, 4.69) is 13.0 Å². The molecule has 2 saturated carbocycles. The number of fused-ring (bicyclic) bond motifs is 5. The number of hydrogen-bond acceptors (Lipinski definition) is 3. The number of rotatable bonds is 5. The predicted octanol–water partition coefficient (Wildman–Crippen LogP) is 6.14. The third kappa shape index (κ3) is 4.15. The second kappa shape index (κ2) is 8.01. The van der Waals surface area contributed by atoms with Crippen molar-refractivity contribution in [2.75, 3.05) is 0 Å². The third-order valence-electron chi connectivity index (χ3n) is 7.73. The van der Waals surface area contributed by atoms with Gasteiger partial charge in [0, 0.05) is 24.7 Å². The molecule has 4 atom stereocenters. The average Bonchev–Trinajstić information content (AvgIpc) is 2.99. The molecule has 0 heterocycles. The molecular formula is C24H29F3O3. The Morgan fingerprint density at radius 3 is 2.73 bits per heavy atom. The summed E-state index contributed by atoms with van der Waals surface area (Å²) in [6, 6.07) is 5.78. The normalized spacial score (nSPS) is 30.4. The van der Waals surface area contributed by atoms with Gasteiger partial charge in [0.2, 0.25) is 0 Å². The smallest absolute Gasteiger partial charge is 0.389 e. The molecular weight excluding hydrogens is 393 g/mol. The van der Waals surface area contributed by atoms with Crippen molar-refractivity contribution in [1.29, 1.82) is 0 Å². The van der Waals surface area contributed by atoms with Gasteiger partial charge >= 0.3 is 12.1 Å². The van der Waals surface area contributed by atoms with Crippen LogP contribution in [-0.4, -0.2) is 17.9 Å². The number of hydrogen-bond donors (Lipinski definition) is 0. The first-order valence-corrected chi connectivity index (χ1v) is 11.1. The first-order valence-electron chi connectivity index (χ1n) is 11.1. The second-order valence-corrected chi connectivity index (χ2v) is 9.49. The molecule has 4 rings (SSSR count). The summed E-state index contributed by atoms with van der Waals surface area (Å²) in [5.41, 5.74) is 2.38. The number of ether oxygens (including phenoxy) is 1. The molecule has 3 aliphatic carbocycles. The molecule has 0 radical (unpaired) electrons. The lowest BCUT2D eigenvalue weighted by atomic mass is 9.55. The van der Waals surface area contributed by atoms with Crippen LogP contribution in [0.25, 0.3) is 0 Å². The molecule has 164 valence electrons. The van der Waals surface area contributed by atoms with Gasteiger partial charge in [-0.2, -0.15) is 13.2 Å². The first kappa shape index (κ1) is 21.4. The summed E-state index contributed by atoms with van der Waals surface area (Å²) in [7, 11) is 0. The zero-order valence-corrected chi connectivity index (χ0v) is 17.4. The van der Waals surface area contributed by atoms with E-state index in [-0.39, 0.29) is 24.7 Å². The van der Waals surface area contributed by atoms with Crippen LogP contribution < -0.4 is 4.74 Å². The molecule has 6 heteroatoms. The molecule has 2 fully saturated rings. The van der Waals surface area contributed by atoms with Crippen molar-refractivity contribution in [3.05, 3.63) is 29.3 Å². The van der Waals surface area contributed by atoms with Crippen LogP contribution in [0, 0.1) is 17.3 Å². The van der Waals surface area contributed by atoms with Crippen LogP contribution in [0.1, 0.15) is 81.8 Å². The van der Waals surface area contributed by atoms with Crippen molar-refractivity contribution in [1.82, 2.24) is 0 Å². The highest BCUT2D eigenvalue weighted by atomic mass is 19.4. The molecule has 0 N–H and O–H groups in total. The molecule has 0 aromatic heterocycles. The van der Waals surface area contributed by atoms with E-state index >= 15 is 0 Å². The lowest BCUT2D eigenvalue weighted by Gasteiger charge is -2.48. The van der Waals surface area contributed by atoms with Gasteiger partial charge in [-0.05, 0) is 86.0 Å². The van der Waals surface area contributed by atoms with Crippen LogP contribution in [0.5, 0.6) is 5.75 Å². The van der Waals surface area contributed by atoms with Crippen molar-refractivity contribution < 1.29 is 27.5 Å². The lowest BCUT2D eigenvalue weighted by Crippen LogP contribution is -2.42. The predicted molar refractivity (Wildman–Crippen MR) is 106 cm³/mol. The fourth-order valence-electron chi connectivity index (χ4n) is 6.17. The maximum absolute atomic E-state index is 12.4. The van der Waals surface area contributed by atoms with Crippen molar-refractivity contribution in [2.24, 2.45) is 17.3 Å². The van der Waals surface area contributed by atoms with Gasteiger partial charge in [-0.3, -0.25) is 9.59 Å². The molecule has 3 aliphatic rings. The van der Waals surface area contributed by atoms with E-state index in [1.807, 2.05) is 12.1 Å². The monoisotopic (exact) mass is 422 g/mol. The minimum atomic E-state index is -4.18. The minimum absolute atomic E-state index is 0.00778. The van der Waals surface area contributed by atoms with Gasteiger partial charge in [0.1, 0.15) is 11.5 Å². The highest BCUT2D eigenvalue weighted by Gasteiger charge is 2.54. The van der Waals surface area contributed by atoms with Crippen LogP contribution in [0.3, 0.4) is 0 Å². The largest absolute Gasteiger partial charge is 0.427 e. The van der Waals surface area contributed by atoms with Gasteiger partial charge in [0.25, 0.3) is 0 Å². The van der Waals surface area contributed by atoms with Gasteiger partial charge in [-0.15, -0.1) is 0 Å². The number of unbranched alkanes of at least 4 members (excludes halogenated alkanes) is 1. The topological polar surface area (TPSA) is 43.4 Å². The SMILES string of the molecule is C[C@]12CC[C@@H]3c4ccc(OC(=O)CCCCC(F)(F)F)cc4CC[C@H]3[C@@H]1CCC2=O. The quantitative estimate of drug-likeness (QED) is 0.325. The number of benzene rings is 1. The maximum Gasteiger partial charge on any atom is 0.389 e. The molecule has 0 saturated heterocycles. The van der Waals surface area contributed by atoms with Crippen LogP contribution >= 0.6 is 0 Å². The molecule has 1 aromatic rings. The summed E-state index contributed by atoms with van der Waals surface area (Å²) in [5, 5.41) is 0. The number of carbonyl (C=O) groups is 2. The standard InChI is InChI=1S/C24H29F3O3/c1-23-13-11-18-17-8-6-16(30-22(29)4-2-3-12-24(25,26)27)14-15(17)5-7-19(18)20(23)9-10-21(23)28/h6,8,14,18-20H,2-5,7,9-13H2,1H3/t18-,19-,20+,23+/m1/s1. The Hall–Kier alpha value is -1.85. The van der Waals surface area contributed by atoms with Crippen LogP contribution in [-0.2, 0) is 16.0 Å². The third-order valence-corrected chi connectivity index (χ3v) is 7.73. The Labute approximate surface area is 175 Å². The van der Waals surface area contributed by atoms with Crippen LogP contribution in [0.4, 0.5) is 13.2 Å². The molecule has 0 bridgehead atoms. The number of alkyl halides is 3. The first-order chi connectivity index (χ1) is 14.2.